The third-order valence-corrected chi connectivity index (χ3v) is 6.62. The van der Waals surface area contributed by atoms with Gasteiger partial charge in [-0.05, 0) is 57.3 Å². The summed E-state index contributed by atoms with van der Waals surface area (Å²) < 4.78 is 27.3. The van der Waals surface area contributed by atoms with Crippen LogP contribution < -0.4 is 5.32 Å². The molecule has 2 atom stereocenters. The molecule has 1 amide bonds. The lowest BCUT2D eigenvalue weighted by molar-refractivity contribution is 0.0501. The molecule has 5 nitrogen and oxygen atoms in total. The smallest absolute Gasteiger partial charge is 0.408 e. The second-order valence-corrected chi connectivity index (χ2v) is 14.1. The lowest BCUT2D eigenvalue weighted by Gasteiger charge is -2.33. The van der Waals surface area contributed by atoms with E-state index in [9.17, 15) is 9.59 Å². The van der Waals surface area contributed by atoms with Gasteiger partial charge in [0.2, 0.25) is 0 Å². The normalized spacial score (nSPS) is 13.9. The van der Waals surface area contributed by atoms with Crippen LogP contribution in [0.15, 0.2) is 36.4 Å². The molecule has 2 rings (SSSR count). The lowest BCUT2D eigenvalue weighted by atomic mass is 9.84. The van der Waals surface area contributed by atoms with Gasteiger partial charge in [0.1, 0.15) is 11.4 Å². The van der Waals surface area contributed by atoms with E-state index < -0.39 is 38.4 Å². The first kappa shape index (κ1) is 30.0. The Balaban J connectivity index is 2.39. The van der Waals surface area contributed by atoms with Crippen molar-refractivity contribution in [2.24, 2.45) is 5.41 Å². The number of halogens is 2. The van der Waals surface area contributed by atoms with Gasteiger partial charge in [-0.25, -0.2) is 9.18 Å². The number of carbonyl (C=O) groups excluding carboxylic acids is 2. The summed E-state index contributed by atoms with van der Waals surface area (Å²) in [7, 11) is -1.31. The minimum Gasteiger partial charge on any atom is -0.444 e. The van der Waals surface area contributed by atoms with E-state index in [0.29, 0.717) is 12.0 Å². The molecule has 2 aromatic carbocycles. The molecule has 1 N–H and O–H groups in total. The van der Waals surface area contributed by atoms with E-state index in [1.165, 1.54) is 12.1 Å². The number of ether oxygens (including phenoxy) is 1. The summed E-state index contributed by atoms with van der Waals surface area (Å²) in [5.41, 5.74) is 0.429. The zero-order chi connectivity index (χ0) is 27.4. The number of hydrogen-bond acceptors (Lipinski definition) is 4. The summed E-state index contributed by atoms with van der Waals surface area (Å²) >= 11 is 6.30. The zero-order valence-electron chi connectivity index (χ0n) is 22.8. The fourth-order valence-electron chi connectivity index (χ4n) is 3.90. The molecule has 0 saturated carbocycles. The summed E-state index contributed by atoms with van der Waals surface area (Å²) in [6.45, 7) is 17.6. The van der Waals surface area contributed by atoms with E-state index in [0.717, 1.165) is 5.56 Å². The summed E-state index contributed by atoms with van der Waals surface area (Å²) in [5.74, 6) is -1.27. The third kappa shape index (κ3) is 7.89. The number of rotatable bonds is 8. The maximum Gasteiger partial charge on any atom is 0.408 e. The molecule has 0 aliphatic rings. The quantitative estimate of drug-likeness (QED) is 0.277. The Morgan fingerprint density at radius 2 is 1.61 bits per heavy atom. The van der Waals surface area contributed by atoms with Crippen LogP contribution in [0.4, 0.5) is 9.18 Å². The van der Waals surface area contributed by atoms with Gasteiger partial charge < -0.3 is 14.5 Å². The van der Waals surface area contributed by atoms with Crippen LogP contribution >= 0.6 is 11.6 Å². The number of benzene rings is 2. The number of amides is 1. The van der Waals surface area contributed by atoms with Gasteiger partial charge in [0.25, 0.3) is 0 Å². The summed E-state index contributed by atoms with van der Waals surface area (Å²) in [6, 6.07) is 9.36. The molecule has 2 aromatic rings. The minimum absolute atomic E-state index is 0.0131. The van der Waals surface area contributed by atoms with Gasteiger partial charge in [0.05, 0.1) is 22.7 Å². The molecule has 0 heterocycles. The number of carbonyl (C=O) groups is 2. The highest BCUT2D eigenvalue weighted by atomic mass is 35.5. The standard InChI is InChI=1S/C28H39ClFNO4Si/c1-10-21(31-26(33)34-28(5,6)7)19-15-16-20(29)22(23(19)30)24(32)17-11-13-18(14-12-17)25(27(2,3)4)35-36(8)9/h11-16,21,25,36H,10H2,1-9H3,(H,31,33)/t21-,25?/m1/s1. The molecule has 0 aliphatic heterocycles. The monoisotopic (exact) mass is 535 g/mol. The van der Waals surface area contributed by atoms with Crippen LogP contribution in [-0.4, -0.2) is 26.5 Å². The summed E-state index contributed by atoms with van der Waals surface area (Å²) in [6.07, 6.45) is -0.374. The van der Waals surface area contributed by atoms with Crippen molar-refractivity contribution in [3.05, 3.63) is 69.5 Å². The predicted octanol–water partition coefficient (Wildman–Crippen LogP) is 7.77. The van der Waals surface area contributed by atoms with Gasteiger partial charge in [-0.3, -0.25) is 4.79 Å². The molecule has 8 heteroatoms. The highest BCUT2D eigenvalue weighted by Crippen LogP contribution is 2.37. The largest absolute Gasteiger partial charge is 0.444 e. The van der Waals surface area contributed by atoms with Crippen molar-refractivity contribution in [3.63, 3.8) is 0 Å². The fourth-order valence-corrected chi connectivity index (χ4v) is 5.25. The molecular weight excluding hydrogens is 497 g/mol. The number of hydrogen-bond donors (Lipinski definition) is 1. The first-order valence-electron chi connectivity index (χ1n) is 12.3. The minimum atomic E-state index is -1.31. The molecule has 198 valence electrons. The average Bonchev–Trinajstić information content (AvgIpc) is 2.74. The van der Waals surface area contributed by atoms with Crippen molar-refractivity contribution >= 4 is 32.5 Å². The van der Waals surface area contributed by atoms with Gasteiger partial charge in [-0.15, -0.1) is 0 Å². The van der Waals surface area contributed by atoms with Crippen LogP contribution in [-0.2, 0) is 9.16 Å². The summed E-state index contributed by atoms with van der Waals surface area (Å²) in [4.78, 5) is 25.6. The second kappa shape index (κ2) is 11.9. The predicted molar refractivity (Wildman–Crippen MR) is 146 cm³/mol. The maximum atomic E-state index is 15.7. The molecule has 1 unspecified atom stereocenters. The summed E-state index contributed by atoms with van der Waals surface area (Å²) in [5, 5.41) is 2.70. The highest BCUT2D eigenvalue weighted by molar-refractivity contribution is 6.48. The van der Waals surface area contributed by atoms with Gasteiger partial charge in [-0.2, -0.15) is 0 Å². The SMILES string of the molecule is CC[C@@H](NC(=O)OC(C)(C)C)c1ccc(Cl)c(C(=O)c2ccc(C(O[SiH](C)C)C(C)(C)C)cc2)c1F. The van der Waals surface area contributed by atoms with E-state index in [-0.39, 0.29) is 27.7 Å². The van der Waals surface area contributed by atoms with Crippen LogP contribution in [0, 0.1) is 11.2 Å². The Labute approximate surface area is 221 Å². The van der Waals surface area contributed by atoms with Crippen molar-refractivity contribution < 1.29 is 23.1 Å². The molecule has 0 aromatic heterocycles. The van der Waals surface area contributed by atoms with Crippen LogP contribution in [0.25, 0.3) is 0 Å². The van der Waals surface area contributed by atoms with Crippen LogP contribution in [0.5, 0.6) is 0 Å². The van der Waals surface area contributed by atoms with Crippen molar-refractivity contribution in [1.29, 1.82) is 0 Å². The van der Waals surface area contributed by atoms with Crippen molar-refractivity contribution in [2.75, 3.05) is 0 Å². The molecule has 0 aliphatic carbocycles. The van der Waals surface area contributed by atoms with E-state index >= 15 is 4.39 Å². The molecule has 0 spiro atoms. The maximum absolute atomic E-state index is 15.7. The first-order valence-corrected chi connectivity index (χ1v) is 15.5. The molecule has 36 heavy (non-hydrogen) atoms. The van der Waals surface area contributed by atoms with E-state index in [1.807, 2.05) is 19.1 Å². The molecule has 0 radical (unpaired) electrons. The van der Waals surface area contributed by atoms with Gasteiger partial charge in [-0.1, -0.05) is 69.6 Å². The first-order chi connectivity index (χ1) is 16.5. The Bertz CT molecular complexity index is 1070. The Morgan fingerprint density at radius 1 is 1.03 bits per heavy atom. The molecular formula is C28H39ClFNO4Si. The van der Waals surface area contributed by atoms with Gasteiger partial charge >= 0.3 is 6.09 Å². The number of alkyl carbamates (subject to hydrolysis) is 1. The van der Waals surface area contributed by atoms with Crippen LogP contribution in [0.2, 0.25) is 18.1 Å². The van der Waals surface area contributed by atoms with Crippen molar-refractivity contribution in [1.82, 2.24) is 5.32 Å². The van der Waals surface area contributed by atoms with Gasteiger partial charge in [0.15, 0.2) is 14.8 Å². The fraction of sp³-hybridized carbons (Fsp3) is 0.500. The van der Waals surface area contributed by atoms with Crippen LogP contribution in [0.3, 0.4) is 0 Å². The second-order valence-electron chi connectivity index (χ2n) is 11.3. The Morgan fingerprint density at radius 3 is 2.08 bits per heavy atom. The zero-order valence-corrected chi connectivity index (χ0v) is 24.7. The number of nitrogens with one attached hydrogen (secondary N) is 1. The van der Waals surface area contributed by atoms with Crippen LogP contribution in [0.1, 0.15) is 94.1 Å². The Kier molecular flexibility index (Phi) is 9.90. The average molecular weight is 536 g/mol. The van der Waals surface area contributed by atoms with Gasteiger partial charge in [0, 0.05) is 11.1 Å². The van der Waals surface area contributed by atoms with E-state index in [1.54, 1.807) is 32.9 Å². The lowest BCUT2D eigenvalue weighted by Crippen LogP contribution is -2.35. The topological polar surface area (TPSA) is 64.6 Å². The van der Waals surface area contributed by atoms with Crippen molar-refractivity contribution in [3.8, 4) is 0 Å². The van der Waals surface area contributed by atoms with Crippen molar-refractivity contribution in [2.45, 2.75) is 85.7 Å². The molecule has 0 saturated heterocycles. The van der Waals surface area contributed by atoms with E-state index in [2.05, 4.69) is 39.2 Å². The highest BCUT2D eigenvalue weighted by Gasteiger charge is 2.29. The molecule has 0 fully saturated rings. The van der Waals surface area contributed by atoms with E-state index in [4.69, 9.17) is 20.8 Å². The Hall–Kier alpha value is -2.22. The number of ketones is 1. The third-order valence-electron chi connectivity index (χ3n) is 5.49. The molecule has 0 bridgehead atoms.